The van der Waals surface area contributed by atoms with Crippen molar-refractivity contribution in [3.05, 3.63) is 0 Å². The molecular formula is C13H27N3O3. The molecule has 2 amide bonds. The SMILES string of the molecule is CCC(CC(=O)O)NC(=O)NCCN(C)C(C)CC. The number of carbonyl (C=O) groups is 2. The van der Waals surface area contributed by atoms with E-state index in [4.69, 9.17) is 5.11 Å². The van der Waals surface area contributed by atoms with E-state index >= 15 is 0 Å². The van der Waals surface area contributed by atoms with Crippen LogP contribution in [0.1, 0.15) is 40.0 Å². The van der Waals surface area contributed by atoms with Crippen LogP contribution < -0.4 is 10.6 Å². The highest BCUT2D eigenvalue weighted by molar-refractivity contribution is 5.75. The van der Waals surface area contributed by atoms with Crippen molar-refractivity contribution in [2.75, 3.05) is 20.1 Å². The number of carbonyl (C=O) groups excluding carboxylic acids is 1. The van der Waals surface area contributed by atoms with E-state index in [1.807, 2.05) is 14.0 Å². The van der Waals surface area contributed by atoms with E-state index in [1.165, 1.54) is 0 Å². The normalized spacial score (nSPS) is 13.9. The number of hydrogen-bond donors (Lipinski definition) is 3. The first-order valence-electron chi connectivity index (χ1n) is 6.87. The maximum Gasteiger partial charge on any atom is 0.315 e. The molecule has 0 aromatic heterocycles. The maximum absolute atomic E-state index is 11.6. The van der Waals surface area contributed by atoms with E-state index in [0.29, 0.717) is 19.0 Å². The molecule has 0 fully saturated rings. The molecule has 2 atom stereocenters. The van der Waals surface area contributed by atoms with Crippen molar-refractivity contribution in [3.8, 4) is 0 Å². The molecule has 0 aliphatic carbocycles. The minimum absolute atomic E-state index is 0.0449. The van der Waals surface area contributed by atoms with Crippen molar-refractivity contribution in [2.24, 2.45) is 0 Å². The van der Waals surface area contributed by atoms with Crippen molar-refractivity contribution in [1.29, 1.82) is 0 Å². The van der Waals surface area contributed by atoms with Crippen LogP contribution >= 0.6 is 0 Å². The number of hydrogen-bond acceptors (Lipinski definition) is 3. The number of likely N-dealkylation sites (N-methyl/N-ethyl adjacent to an activating group) is 1. The van der Waals surface area contributed by atoms with Crippen molar-refractivity contribution in [3.63, 3.8) is 0 Å². The quantitative estimate of drug-likeness (QED) is 0.591. The first-order chi connectivity index (χ1) is 8.90. The van der Waals surface area contributed by atoms with Crippen LogP contribution in [0.25, 0.3) is 0 Å². The maximum atomic E-state index is 11.6. The fourth-order valence-corrected chi connectivity index (χ4v) is 1.62. The molecule has 0 rings (SSSR count). The minimum Gasteiger partial charge on any atom is -0.481 e. The van der Waals surface area contributed by atoms with Gasteiger partial charge in [-0.25, -0.2) is 4.79 Å². The number of nitrogens with zero attached hydrogens (tertiary/aromatic N) is 1. The van der Waals surface area contributed by atoms with Gasteiger partial charge in [0.15, 0.2) is 0 Å². The molecule has 19 heavy (non-hydrogen) atoms. The molecular weight excluding hydrogens is 246 g/mol. The van der Waals surface area contributed by atoms with Crippen LogP contribution in [0, 0.1) is 0 Å². The number of rotatable bonds is 9. The van der Waals surface area contributed by atoms with Gasteiger partial charge in [0.05, 0.1) is 6.42 Å². The lowest BCUT2D eigenvalue weighted by Gasteiger charge is -2.23. The van der Waals surface area contributed by atoms with Gasteiger partial charge in [0, 0.05) is 25.2 Å². The van der Waals surface area contributed by atoms with Gasteiger partial charge >= 0.3 is 12.0 Å². The number of carboxylic acids is 1. The van der Waals surface area contributed by atoms with E-state index in [0.717, 1.165) is 13.0 Å². The number of nitrogens with one attached hydrogen (secondary N) is 2. The van der Waals surface area contributed by atoms with E-state index < -0.39 is 5.97 Å². The second kappa shape index (κ2) is 9.61. The largest absolute Gasteiger partial charge is 0.481 e. The summed E-state index contributed by atoms with van der Waals surface area (Å²) in [6, 6.07) is -0.129. The first-order valence-corrected chi connectivity index (χ1v) is 6.87. The lowest BCUT2D eigenvalue weighted by Crippen LogP contribution is -2.45. The van der Waals surface area contributed by atoms with Crippen LogP contribution in [0.5, 0.6) is 0 Å². The predicted octanol–water partition coefficient (Wildman–Crippen LogP) is 1.27. The van der Waals surface area contributed by atoms with Crippen LogP contribution in [0.3, 0.4) is 0 Å². The monoisotopic (exact) mass is 273 g/mol. The molecule has 0 saturated carbocycles. The van der Waals surface area contributed by atoms with Crippen LogP contribution in [0.4, 0.5) is 4.79 Å². The second-order valence-corrected chi connectivity index (χ2v) is 4.84. The fourth-order valence-electron chi connectivity index (χ4n) is 1.62. The zero-order valence-electron chi connectivity index (χ0n) is 12.4. The molecule has 6 nitrogen and oxygen atoms in total. The Bertz CT molecular complexity index is 284. The molecule has 0 aromatic carbocycles. The van der Waals surface area contributed by atoms with Gasteiger partial charge in [-0.1, -0.05) is 13.8 Å². The summed E-state index contributed by atoms with van der Waals surface area (Å²) in [5.74, 6) is -0.899. The Labute approximate surface area is 115 Å². The number of aliphatic carboxylic acids is 1. The lowest BCUT2D eigenvalue weighted by atomic mass is 10.1. The van der Waals surface area contributed by atoms with E-state index in [2.05, 4.69) is 29.4 Å². The number of urea groups is 1. The minimum atomic E-state index is -0.899. The Morgan fingerprint density at radius 1 is 1.26 bits per heavy atom. The highest BCUT2D eigenvalue weighted by atomic mass is 16.4. The van der Waals surface area contributed by atoms with Gasteiger partial charge in [0.1, 0.15) is 0 Å². The van der Waals surface area contributed by atoms with Gasteiger partial charge in [0.25, 0.3) is 0 Å². The predicted molar refractivity (Wildman–Crippen MR) is 75.2 cm³/mol. The third-order valence-electron chi connectivity index (χ3n) is 3.34. The standard InChI is InChI=1S/C13H27N3O3/c1-5-10(3)16(4)8-7-14-13(19)15-11(6-2)9-12(17)18/h10-11H,5-9H2,1-4H3,(H,17,18)(H2,14,15,19). The van der Waals surface area contributed by atoms with Crippen LogP contribution in [-0.4, -0.2) is 54.2 Å². The Morgan fingerprint density at radius 3 is 2.37 bits per heavy atom. The molecule has 0 saturated heterocycles. The molecule has 0 heterocycles. The molecule has 112 valence electrons. The highest BCUT2D eigenvalue weighted by Crippen LogP contribution is 1.99. The summed E-state index contributed by atoms with van der Waals surface area (Å²) in [5.41, 5.74) is 0. The summed E-state index contributed by atoms with van der Waals surface area (Å²) < 4.78 is 0. The Kier molecular flexibility index (Phi) is 8.95. The van der Waals surface area contributed by atoms with Crippen molar-refractivity contribution >= 4 is 12.0 Å². The topological polar surface area (TPSA) is 81.7 Å². The second-order valence-electron chi connectivity index (χ2n) is 4.84. The van der Waals surface area contributed by atoms with E-state index in [9.17, 15) is 9.59 Å². The fraction of sp³-hybridized carbons (Fsp3) is 0.846. The van der Waals surface area contributed by atoms with Crippen LogP contribution in [-0.2, 0) is 4.79 Å². The van der Waals surface area contributed by atoms with Crippen molar-refractivity contribution < 1.29 is 14.7 Å². The van der Waals surface area contributed by atoms with Gasteiger partial charge in [-0.2, -0.15) is 0 Å². The summed E-state index contributed by atoms with van der Waals surface area (Å²) in [5, 5.41) is 14.1. The lowest BCUT2D eigenvalue weighted by molar-refractivity contribution is -0.137. The molecule has 0 spiro atoms. The zero-order valence-corrected chi connectivity index (χ0v) is 12.4. The molecule has 0 radical (unpaired) electrons. The third-order valence-corrected chi connectivity index (χ3v) is 3.34. The number of amides is 2. The summed E-state index contributed by atoms with van der Waals surface area (Å²) in [4.78, 5) is 24.3. The highest BCUT2D eigenvalue weighted by Gasteiger charge is 2.13. The summed E-state index contributed by atoms with van der Waals surface area (Å²) in [6.07, 6.45) is 1.63. The molecule has 6 heteroatoms. The summed E-state index contributed by atoms with van der Waals surface area (Å²) >= 11 is 0. The van der Waals surface area contributed by atoms with Crippen molar-refractivity contribution in [2.45, 2.75) is 52.1 Å². The van der Waals surface area contributed by atoms with Gasteiger partial charge in [0.2, 0.25) is 0 Å². The average molecular weight is 273 g/mol. The van der Waals surface area contributed by atoms with Crippen LogP contribution in [0.15, 0.2) is 0 Å². The van der Waals surface area contributed by atoms with E-state index in [1.54, 1.807) is 0 Å². The Hall–Kier alpha value is -1.30. The van der Waals surface area contributed by atoms with Crippen LogP contribution in [0.2, 0.25) is 0 Å². The molecule has 0 aliphatic heterocycles. The summed E-state index contributed by atoms with van der Waals surface area (Å²) in [6.45, 7) is 7.44. The average Bonchev–Trinajstić information content (AvgIpc) is 2.36. The van der Waals surface area contributed by atoms with Gasteiger partial charge in [-0.15, -0.1) is 0 Å². The van der Waals surface area contributed by atoms with Crippen molar-refractivity contribution in [1.82, 2.24) is 15.5 Å². The Morgan fingerprint density at radius 2 is 1.89 bits per heavy atom. The summed E-state index contributed by atoms with van der Waals surface area (Å²) in [7, 11) is 2.02. The smallest absolute Gasteiger partial charge is 0.315 e. The zero-order chi connectivity index (χ0) is 14.8. The van der Waals surface area contributed by atoms with Gasteiger partial charge < -0.3 is 20.6 Å². The van der Waals surface area contributed by atoms with E-state index in [-0.39, 0.29) is 18.5 Å². The molecule has 3 N–H and O–H groups in total. The number of carboxylic acid groups (broad SMARTS) is 1. The van der Waals surface area contributed by atoms with Gasteiger partial charge in [-0.05, 0) is 26.8 Å². The third kappa shape index (κ3) is 8.42. The first kappa shape index (κ1) is 17.7. The molecule has 0 bridgehead atoms. The molecule has 0 aromatic rings. The molecule has 0 aliphatic rings. The Balaban J connectivity index is 3.88. The van der Waals surface area contributed by atoms with Gasteiger partial charge in [-0.3, -0.25) is 4.79 Å². The molecule has 2 unspecified atom stereocenters.